The summed E-state index contributed by atoms with van der Waals surface area (Å²) in [4.78, 5) is 12.1. The molecule has 17 heavy (non-hydrogen) atoms. The molecule has 0 radical (unpaired) electrons. The van der Waals surface area contributed by atoms with Crippen molar-refractivity contribution < 1.29 is 9.53 Å². The Bertz CT molecular complexity index is 265. The van der Waals surface area contributed by atoms with Gasteiger partial charge in [0.1, 0.15) is 9.53 Å². The van der Waals surface area contributed by atoms with Crippen molar-refractivity contribution in [2.45, 2.75) is 74.2 Å². The fourth-order valence-corrected chi connectivity index (χ4v) is 3.58. The third-order valence-electron chi connectivity index (χ3n) is 4.47. The monoisotopic (exact) mass is 350 g/mol. The van der Waals surface area contributed by atoms with E-state index < -0.39 is 0 Å². The Morgan fingerprint density at radius 3 is 2.41 bits per heavy atom. The van der Waals surface area contributed by atoms with Crippen molar-refractivity contribution in [1.29, 1.82) is 0 Å². The average Bonchev–Trinajstić information content (AvgIpc) is 2.37. The lowest BCUT2D eigenvalue weighted by Crippen LogP contribution is -2.48. The average molecular weight is 350 g/mol. The van der Waals surface area contributed by atoms with Crippen molar-refractivity contribution >= 4 is 28.6 Å². The SMILES string of the molecule is CCC(I)C(=O)OC12CCCCC1CCCC2. The molecule has 0 heterocycles. The minimum atomic E-state index is -0.0772. The van der Waals surface area contributed by atoms with E-state index in [-0.39, 0.29) is 15.5 Å². The Morgan fingerprint density at radius 2 is 1.88 bits per heavy atom. The van der Waals surface area contributed by atoms with Gasteiger partial charge in [-0.1, -0.05) is 42.4 Å². The summed E-state index contributed by atoms with van der Waals surface area (Å²) in [7, 11) is 0. The first kappa shape index (κ1) is 13.6. The lowest BCUT2D eigenvalue weighted by Gasteiger charge is -2.46. The molecule has 98 valence electrons. The van der Waals surface area contributed by atoms with Gasteiger partial charge in [-0.05, 0) is 50.9 Å². The van der Waals surface area contributed by atoms with Crippen molar-refractivity contribution in [2.75, 3.05) is 0 Å². The topological polar surface area (TPSA) is 26.3 Å². The third-order valence-corrected chi connectivity index (χ3v) is 5.86. The molecule has 2 nitrogen and oxygen atoms in total. The number of hydrogen-bond acceptors (Lipinski definition) is 2. The highest BCUT2D eigenvalue weighted by atomic mass is 127. The number of esters is 1. The van der Waals surface area contributed by atoms with Crippen molar-refractivity contribution in [3.8, 4) is 0 Å². The summed E-state index contributed by atoms with van der Waals surface area (Å²) in [5.41, 5.74) is -0.0772. The van der Waals surface area contributed by atoms with Gasteiger partial charge in [-0.2, -0.15) is 0 Å². The second kappa shape index (κ2) is 5.89. The van der Waals surface area contributed by atoms with Gasteiger partial charge in [0.25, 0.3) is 0 Å². The van der Waals surface area contributed by atoms with E-state index in [0.29, 0.717) is 5.92 Å². The number of hydrogen-bond donors (Lipinski definition) is 0. The normalized spacial score (nSPS) is 34.8. The van der Waals surface area contributed by atoms with Gasteiger partial charge in [-0.25, -0.2) is 0 Å². The zero-order valence-corrected chi connectivity index (χ0v) is 12.9. The molecule has 0 bridgehead atoms. The zero-order valence-electron chi connectivity index (χ0n) is 10.7. The quantitative estimate of drug-likeness (QED) is 0.432. The van der Waals surface area contributed by atoms with Crippen molar-refractivity contribution in [3.05, 3.63) is 0 Å². The van der Waals surface area contributed by atoms with Crippen LogP contribution in [-0.4, -0.2) is 15.5 Å². The van der Waals surface area contributed by atoms with Crippen LogP contribution in [0.5, 0.6) is 0 Å². The minimum Gasteiger partial charge on any atom is -0.458 e. The largest absolute Gasteiger partial charge is 0.458 e. The van der Waals surface area contributed by atoms with E-state index in [2.05, 4.69) is 29.5 Å². The molecule has 0 N–H and O–H groups in total. The summed E-state index contributed by atoms with van der Waals surface area (Å²) in [5.74, 6) is 0.677. The Morgan fingerprint density at radius 1 is 1.29 bits per heavy atom. The van der Waals surface area contributed by atoms with Crippen LogP contribution < -0.4 is 0 Å². The maximum absolute atomic E-state index is 12.1. The fourth-order valence-electron chi connectivity index (χ4n) is 3.45. The van der Waals surface area contributed by atoms with Crippen LogP contribution in [0.25, 0.3) is 0 Å². The molecule has 2 aliphatic carbocycles. The van der Waals surface area contributed by atoms with Gasteiger partial charge in [0, 0.05) is 0 Å². The molecule has 1 unspecified atom stereocenters. The molecule has 0 amide bonds. The van der Waals surface area contributed by atoms with Gasteiger partial charge in [0.15, 0.2) is 0 Å². The first-order chi connectivity index (χ1) is 8.18. The molecular formula is C14H23IO2. The summed E-state index contributed by atoms with van der Waals surface area (Å²) in [5, 5.41) is 0. The van der Waals surface area contributed by atoms with E-state index in [1.54, 1.807) is 0 Å². The molecular weight excluding hydrogens is 327 g/mol. The minimum absolute atomic E-state index is 0.0295. The van der Waals surface area contributed by atoms with E-state index in [1.807, 2.05) is 0 Å². The van der Waals surface area contributed by atoms with Gasteiger partial charge in [0.2, 0.25) is 0 Å². The van der Waals surface area contributed by atoms with E-state index in [9.17, 15) is 4.79 Å². The second-order valence-corrected chi connectivity index (χ2v) is 7.05. The van der Waals surface area contributed by atoms with Crippen molar-refractivity contribution in [2.24, 2.45) is 5.92 Å². The van der Waals surface area contributed by atoms with E-state index in [4.69, 9.17) is 4.74 Å². The standard InChI is InChI=1S/C14H23IO2/c1-2-12(15)13(16)17-14-9-5-3-7-11(14)8-4-6-10-14/h11-12H,2-10H2,1H3. The van der Waals surface area contributed by atoms with Crippen LogP contribution in [0.2, 0.25) is 0 Å². The molecule has 1 atom stereocenters. The molecule has 0 aromatic carbocycles. The zero-order chi connectivity index (χ0) is 12.3. The van der Waals surface area contributed by atoms with Crippen molar-refractivity contribution in [1.82, 2.24) is 0 Å². The predicted octanol–water partition coefficient (Wildman–Crippen LogP) is 4.25. The molecule has 2 fully saturated rings. The first-order valence-corrected chi connectivity index (χ1v) is 8.29. The van der Waals surface area contributed by atoms with E-state index >= 15 is 0 Å². The van der Waals surface area contributed by atoms with Crippen molar-refractivity contribution in [3.63, 3.8) is 0 Å². The van der Waals surface area contributed by atoms with Crippen LogP contribution in [0.1, 0.15) is 64.7 Å². The maximum atomic E-state index is 12.1. The van der Waals surface area contributed by atoms with Crippen LogP contribution in [0, 0.1) is 5.92 Å². The van der Waals surface area contributed by atoms with Gasteiger partial charge in [0.05, 0.1) is 0 Å². The number of alkyl halides is 1. The molecule has 0 aromatic heterocycles. The number of rotatable bonds is 3. The Kier molecular flexibility index (Phi) is 4.72. The highest BCUT2D eigenvalue weighted by molar-refractivity contribution is 14.1. The number of ether oxygens (including phenoxy) is 1. The lowest BCUT2D eigenvalue weighted by atomic mass is 9.67. The van der Waals surface area contributed by atoms with Crippen LogP contribution in [-0.2, 0) is 9.53 Å². The molecule has 0 aromatic rings. The third kappa shape index (κ3) is 2.96. The summed E-state index contributed by atoms with van der Waals surface area (Å²) in [6.07, 6.45) is 10.8. The molecule has 0 aliphatic heterocycles. The first-order valence-electron chi connectivity index (χ1n) is 7.05. The Labute approximate surface area is 118 Å². The molecule has 0 saturated heterocycles. The molecule has 0 spiro atoms. The number of halogens is 1. The number of carbonyl (C=O) groups excluding carboxylic acids is 1. The van der Waals surface area contributed by atoms with Gasteiger partial charge in [-0.3, -0.25) is 4.79 Å². The van der Waals surface area contributed by atoms with E-state index in [0.717, 1.165) is 19.3 Å². The predicted molar refractivity (Wildman–Crippen MR) is 77.3 cm³/mol. The van der Waals surface area contributed by atoms with Crippen LogP contribution in [0.4, 0.5) is 0 Å². The van der Waals surface area contributed by atoms with E-state index in [1.165, 1.54) is 38.5 Å². The molecule has 2 aliphatic rings. The Balaban J connectivity index is 2.05. The summed E-state index contributed by atoms with van der Waals surface area (Å²) < 4.78 is 6.02. The fraction of sp³-hybridized carbons (Fsp3) is 0.929. The van der Waals surface area contributed by atoms with Gasteiger partial charge >= 0.3 is 5.97 Å². The highest BCUT2D eigenvalue weighted by Gasteiger charge is 2.45. The van der Waals surface area contributed by atoms with Crippen LogP contribution >= 0.6 is 22.6 Å². The smallest absolute Gasteiger partial charge is 0.319 e. The number of fused-ring (bicyclic) bond motifs is 1. The van der Waals surface area contributed by atoms with Crippen LogP contribution in [0.3, 0.4) is 0 Å². The number of carbonyl (C=O) groups is 1. The second-order valence-electron chi connectivity index (χ2n) is 5.55. The van der Waals surface area contributed by atoms with Gasteiger partial charge < -0.3 is 4.74 Å². The van der Waals surface area contributed by atoms with Gasteiger partial charge in [-0.15, -0.1) is 0 Å². The lowest BCUT2D eigenvalue weighted by molar-refractivity contribution is -0.175. The molecule has 3 heteroatoms. The highest BCUT2D eigenvalue weighted by Crippen LogP contribution is 2.46. The maximum Gasteiger partial charge on any atom is 0.319 e. The summed E-state index contributed by atoms with van der Waals surface area (Å²) >= 11 is 2.21. The molecule has 2 rings (SSSR count). The molecule has 2 saturated carbocycles. The Hall–Kier alpha value is 0.200. The summed E-state index contributed by atoms with van der Waals surface area (Å²) in [6, 6.07) is 0. The van der Waals surface area contributed by atoms with Crippen LogP contribution in [0.15, 0.2) is 0 Å². The summed E-state index contributed by atoms with van der Waals surface area (Å²) in [6.45, 7) is 2.05.